The van der Waals surface area contributed by atoms with E-state index in [1.54, 1.807) is 12.1 Å². The van der Waals surface area contributed by atoms with Crippen LogP contribution < -0.4 is 5.32 Å². The fourth-order valence-corrected chi connectivity index (χ4v) is 3.03. The van der Waals surface area contributed by atoms with E-state index in [0.717, 1.165) is 4.90 Å². The Morgan fingerprint density at radius 2 is 1.89 bits per heavy atom. The highest BCUT2D eigenvalue weighted by Gasteiger charge is 2.26. The van der Waals surface area contributed by atoms with Gasteiger partial charge in [-0.3, -0.25) is 14.9 Å². The van der Waals surface area contributed by atoms with Crippen molar-refractivity contribution in [3.8, 4) is 0 Å². The Kier molecular flexibility index (Phi) is 2.72. The summed E-state index contributed by atoms with van der Waals surface area (Å²) in [4.78, 5) is 23.9. The van der Waals surface area contributed by atoms with Crippen LogP contribution in [0.15, 0.2) is 52.3 Å². The van der Waals surface area contributed by atoms with Gasteiger partial charge in [0.1, 0.15) is 4.90 Å². The molecule has 5 nitrogen and oxygen atoms in total. The van der Waals surface area contributed by atoms with Gasteiger partial charge in [0.2, 0.25) is 0 Å². The minimum Gasteiger partial charge on any atom is -0.321 e. The summed E-state index contributed by atoms with van der Waals surface area (Å²) in [5, 5.41) is 13.8. The van der Waals surface area contributed by atoms with Gasteiger partial charge in [0.15, 0.2) is 0 Å². The number of carbonyl (C=O) groups excluding carboxylic acids is 1. The third kappa shape index (κ3) is 1.96. The minimum atomic E-state index is -0.465. The minimum absolute atomic E-state index is 0.0469. The van der Waals surface area contributed by atoms with E-state index in [2.05, 4.69) is 5.32 Å². The number of fused-ring (bicyclic) bond motifs is 2. The third-order valence-corrected chi connectivity index (χ3v) is 3.99. The highest BCUT2D eigenvalue weighted by atomic mass is 32.2. The molecule has 0 aromatic heterocycles. The summed E-state index contributed by atoms with van der Waals surface area (Å²) < 4.78 is 0. The molecule has 0 bridgehead atoms. The van der Waals surface area contributed by atoms with Crippen LogP contribution in [0.2, 0.25) is 0 Å². The molecule has 0 fully saturated rings. The van der Waals surface area contributed by atoms with Crippen LogP contribution >= 0.6 is 11.8 Å². The third-order valence-electron chi connectivity index (χ3n) is 2.78. The fourth-order valence-electron chi connectivity index (χ4n) is 1.91. The first kappa shape index (κ1) is 11.7. The maximum absolute atomic E-state index is 12.1. The lowest BCUT2D eigenvalue weighted by Gasteiger charge is -2.04. The molecule has 0 spiro atoms. The van der Waals surface area contributed by atoms with Gasteiger partial charge >= 0.3 is 0 Å². The molecule has 0 saturated heterocycles. The summed E-state index contributed by atoms with van der Waals surface area (Å²) in [6.07, 6.45) is 0. The van der Waals surface area contributed by atoms with Crippen molar-refractivity contribution in [2.45, 2.75) is 9.79 Å². The van der Waals surface area contributed by atoms with Crippen LogP contribution in [-0.2, 0) is 0 Å². The Hall–Kier alpha value is -2.34. The Bertz CT molecular complexity index is 700. The van der Waals surface area contributed by atoms with Gasteiger partial charge in [0, 0.05) is 11.0 Å². The number of rotatable bonds is 1. The van der Waals surface area contributed by atoms with Crippen LogP contribution in [0.4, 0.5) is 11.4 Å². The standard InChI is InChI=1S/C13H8N2O3S/c16-13-8-4-3-6-10(15(17)18)12(8)19-11-7-2-1-5-9(11)14-13/h1-7H,(H,14,16). The average molecular weight is 272 g/mol. The van der Waals surface area contributed by atoms with E-state index < -0.39 is 4.92 Å². The number of nitrogens with zero attached hydrogens (tertiary/aromatic N) is 1. The van der Waals surface area contributed by atoms with E-state index in [9.17, 15) is 14.9 Å². The van der Waals surface area contributed by atoms with Gasteiger partial charge in [0.05, 0.1) is 16.2 Å². The van der Waals surface area contributed by atoms with E-state index in [1.807, 2.05) is 18.2 Å². The Balaban J connectivity index is 2.24. The van der Waals surface area contributed by atoms with Crippen molar-refractivity contribution in [3.63, 3.8) is 0 Å². The molecule has 1 N–H and O–H groups in total. The quantitative estimate of drug-likeness (QED) is 0.638. The number of anilines is 1. The molecule has 0 aliphatic carbocycles. The molecule has 3 rings (SSSR count). The molecule has 2 aromatic carbocycles. The molecular weight excluding hydrogens is 264 g/mol. The summed E-state index contributed by atoms with van der Waals surface area (Å²) in [6, 6.07) is 11.8. The molecule has 0 saturated carbocycles. The van der Waals surface area contributed by atoms with Gasteiger partial charge in [-0.15, -0.1) is 0 Å². The Morgan fingerprint density at radius 1 is 1.11 bits per heavy atom. The molecule has 1 amide bonds. The van der Waals surface area contributed by atoms with Crippen molar-refractivity contribution in [2.24, 2.45) is 0 Å². The lowest BCUT2D eigenvalue weighted by atomic mass is 10.2. The van der Waals surface area contributed by atoms with Crippen LogP contribution in [0.1, 0.15) is 10.4 Å². The monoisotopic (exact) mass is 272 g/mol. The summed E-state index contributed by atoms with van der Waals surface area (Å²) in [5.74, 6) is -0.323. The molecule has 1 heterocycles. The number of carbonyl (C=O) groups is 1. The molecular formula is C13H8N2O3S. The summed E-state index contributed by atoms with van der Waals surface area (Å²) in [7, 11) is 0. The van der Waals surface area contributed by atoms with Crippen molar-refractivity contribution >= 4 is 29.0 Å². The number of nitrogens with one attached hydrogen (secondary N) is 1. The number of benzene rings is 2. The number of nitro groups is 1. The highest BCUT2D eigenvalue weighted by molar-refractivity contribution is 7.99. The molecule has 0 radical (unpaired) electrons. The first-order chi connectivity index (χ1) is 9.16. The number of nitro benzene ring substituents is 1. The lowest BCUT2D eigenvalue weighted by Crippen LogP contribution is -2.11. The van der Waals surface area contributed by atoms with Crippen LogP contribution in [0, 0.1) is 10.1 Å². The van der Waals surface area contributed by atoms with Crippen LogP contribution in [0.25, 0.3) is 0 Å². The molecule has 6 heteroatoms. The molecule has 0 atom stereocenters. The fraction of sp³-hybridized carbons (Fsp3) is 0. The van der Waals surface area contributed by atoms with E-state index in [0.29, 0.717) is 16.1 Å². The molecule has 1 aliphatic rings. The second-order valence-electron chi connectivity index (χ2n) is 3.96. The average Bonchev–Trinajstić information content (AvgIpc) is 2.54. The maximum Gasteiger partial charge on any atom is 0.284 e. The van der Waals surface area contributed by atoms with Crippen molar-refractivity contribution in [1.29, 1.82) is 0 Å². The van der Waals surface area contributed by atoms with Crippen LogP contribution in [0.3, 0.4) is 0 Å². The molecule has 94 valence electrons. The second kappa shape index (κ2) is 4.40. The van der Waals surface area contributed by atoms with Crippen LogP contribution in [0.5, 0.6) is 0 Å². The summed E-state index contributed by atoms with van der Waals surface area (Å²) in [6.45, 7) is 0. The van der Waals surface area contributed by atoms with Crippen molar-refractivity contribution in [3.05, 3.63) is 58.1 Å². The van der Waals surface area contributed by atoms with Crippen molar-refractivity contribution in [1.82, 2.24) is 0 Å². The topological polar surface area (TPSA) is 72.2 Å². The molecule has 2 aromatic rings. The zero-order valence-electron chi connectivity index (χ0n) is 9.62. The highest BCUT2D eigenvalue weighted by Crippen LogP contribution is 2.42. The van der Waals surface area contributed by atoms with E-state index >= 15 is 0 Å². The smallest absolute Gasteiger partial charge is 0.284 e. The maximum atomic E-state index is 12.1. The van der Waals surface area contributed by atoms with Gasteiger partial charge < -0.3 is 5.32 Å². The Labute approximate surface area is 112 Å². The zero-order chi connectivity index (χ0) is 13.4. The van der Waals surface area contributed by atoms with Crippen molar-refractivity contribution in [2.75, 3.05) is 5.32 Å². The largest absolute Gasteiger partial charge is 0.321 e. The van der Waals surface area contributed by atoms with Crippen molar-refractivity contribution < 1.29 is 9.72 Å². The number of amides is 1. The molecule has 1 aliphatic heterocycles. The van der Waals surface area contributed by atoms with Gasteiger partial charge in [-0.25, -0.2) is 0 Å². The summed E-state index contributed by atoms with van der Waals surface area (Å²) in [5.41, 5.74) is 0.952. The number of hydrogen-bond donors (Lipinski definition) is 1. The normalized spacial score (nSPS) is 12.9. The second-order valence-corrected chi connectivity index (χ2v) is 5.02. The number of hydrogen-bond acceptors (Lipinski definition) is 4. The van der Waals surface area contributed by atoms with Gasteiger partial charge in [-0.2, -0.15) is 0 Å². The first-order valence-corrected chi connectivity index (χ1v) is 6.34. The van der Waals surface area contributed by atoms with E-state index in [-0.39, 0.29) is 11.6 Å². The van der Waals surface area contributed by atoms with Crippen LogP contribution in [-0.4, -0.2) is 10.8 Å². The SMILES string of the molecule is O=C1Nc2ccccc2Sc2c1cccc2[N+](=O)[O-]. The zero-order valence-corrected chi connectivity index (χ0v) is 10.4. The molecule has 0 unspecified atom stereocenters. The Morgan fingerprint density at radius 3 is 2.68 bits per heavy atom. The van der Waals surface area contributed by atoms with Gasteiger partial charge in [-0.1, -0.05) is 30.0 Å². The van der Waals surface area contributed by atoms with Gasteiger partial charge in [-0.05, 0) is 18.2 Å². The number of para-hydroxylation sites is 1. The predicted octanol–water partition coefficient (Wildman–Crippen LogP) is 3.31. The predicted molar refractivity (Wildman–Crippen MR) is 71.6 cm³/mol. The van der Waals surface area contributed by atoms with E-state index in [1.165, 1.54) is 23.9 Å². The lowest BCUT2D eigenvalue weighted by molar-refractivity contribution is -0.387. The van der Waals surface area contributed by atoms with E-state index in [4.69, 9.17) is 0 Å². The first-order valence-electron chi connectivity index (χ1n) is 5.52. The summed E-state index contributed by atoms with van der Waals surface area (Å²) >= 11 is 1.24. The van der Waals surface area contributed by atoms with Gasteiger partial charge in [0.25, 0.3) is 11.6 Å². The molecule has 19 heavy (non-hydrogen) atoms.